The lowest BCUT2D eigenvalue weighted by Crippen LogP contribution is -2.10. The largest absolute Gasteiger partial charge is 0.394 e. The molecule has 4 aromatic rings. The molecule has 6 heteroatoms. The molecule has 3 heterocycles. The number of benzene rings is 1. The number of nitrogen functional groups attached to an aromatic ring is 1. The van der Waals surface area contributed by atoms with E-state index in [1.54, 1.807) is 18.2 Å². The number of hydrogen-bond acceptors (Lipinski definition) is 4. The Labute approximate surface area is 128 Å². The summed E-state index contributed by atoms with van der Waals surface area (Å²) in [6.07, 6.45) is 1.46. The first-order chi connectivity index (χ1) is 10.6. The molecule has 0 amide bonds. The van der Waals surface area contributed by atoms with Gasteiger partial charge >= 0.3 is 0 Å². The predicted octanol–water partition coefficient (Wildman–Crippen LogP) is 3.53. The number of thiophene rings is 1. The lowest BCUT2D eigenvalue weighted by molar-refractivity contribution is 0.642. The van der Waals surface area contributed by atoms with E-state index < -0.39 is 0 Å². The molecule has 22 heavy (non-hydrogen) atoms. The summed E-state index contributed by atoms with van der Waals surface area (Å²) in [6.45, 7) is 0. The maximum absolute atomic E-state index is 13.8. The van der Waals surface area contributed by atoms with Crippen molar-refractivity contribution < 1.29 is 4.39 Å². The fourth-order valence-electron chi connectivity index (χ4n) is 2.48. The number of hydrogen-bond donors (Lipinski definition) is 2. The van der Waals surface area contributed by atoms with Crippen LogP contribution in [-0.2, 0) is 0 Å². The van der Waals surface area contributed by atoms with Crippen molar-refractivity contribution in [1.29, 1.82) is 0 Å². The minimum absolute atomic E-state index is 0.123. The van der Waals surface area contributed by atoms with Gasteiger partial charge in [0.05, 0.1) is 21.6 Å². The molecule has 0 aliphatic carbocycles. The minimum Gasteiger partial charge on any atom is -0.394 e. The molecule has 3 N–H and O–H groups in total. The number of aromatic amines is 1. The van der Waals surface area contributed by atoms with Crippen LogP contribution < -0.4 is 11.2 Å². The van der Waals surface area contributed by atoms with Crippen molar-refractivity contribution in [2.24, 2.45) is 0 Å². The second kappa shape index (κ2) is 4.64. The Morgan fingerprint density at radius 1 is 1.23 bits per heavy atom. The number of nitrogens with one attached hydrogen (secondary N) is 1. The van der Waals surface area contributed by atoms with E-state index in [0.29, 0.717) is 15.9 Å². The van der Waals surface area contributed by atoms with E-state index in [1.165, 1.54) is 23.6 Å². The summed E-state index contributed by atoms with van der Waals surface area (Å²) in [6, 6.07) is 8.53. The number of nitrogens with zero attached hydrogens (tertiary/aromatic N) is 1. The molecule has 3 aromatic heterocycles. The summed E-state index contributed by atoms with van der Waals surface area (Å²) in [5, 5.41) is 2.64. The van der Waals surface area contributed by atoms with Gasteiger partial charge in [0, 0.05) is 22.5 Å². The first-order valence-corrected chi connectivity index (χ1v) is 7.47. The monoisotopic (exact) mass is 311 g/mol. The van der Waals surface area contributed by atoms with Gasteiger partial charge in [-0.25, -0.2) is 9.37 Å². The van der Waals surface area contributed by atoms with E-state index in [4.69, 9.17) is 5.73 Å². The highest BCUT2D eigenvalue weighted by atomic mass is 32.1. The van der Waals surface area contributed by atoms with Crippen molar-refractivity contribution in [3.8, 4) is 11.3 Å². The Morgan fingerprint density at radius 3 is 2.95 bits per heavy atom. The SMILES string of the molecule is Nc1c[nH]c2ccc(-c3csc4c(F)cccc34)nc2c1=O. The van der Waals surface area contributed by atoms with Crippen LogP contribution in [0.2, 0.25) is 0 Å². The van der Waals surface area contributed by atoms with Gasteiger partial charge < -0.3 is 10.7 Å². The van der Waals surface area contributed by atoms with Crippen molar-refractivity contribution in [2.75, 3.05) is 5.73 Å². The Kier molecular flexibility index (Phi) is 2.74. The molecule has 0 saturated heterocycles. The van der Waals surface area contributed by atoms with Crippen molar-refractivity contribution in [1.82, 2.24) is 9.97 Å². The average Bonchev–Trinajstić information content (AvgIpc) is 2.96. The van der Waals surface area contributed by atoms with Gasteiger partial charge in [0.25, 0.3) is 0 Å². The fourth-order valence-corrected chi connectivity index (χ4v) is 3.45. The van der Waals surface area contributed by atoms with Crippen molar-refractivity contribution in [2.45, 2.75) is 0 Å². The smallest absolute Gasteiger partial charge is 0.230 e. The van der Waals surface area contributed by atoms with Crippen LogP contribution in [-0.4, -0.2) is 9.97 Å². The molecule has 0 atom stereocenters. The Morgan fingerprint density at radius 2 is 2.09 bits per heavy atom. The molecule has 0 spiro atoms. The molecule has 0 unspecified atom stereocenters. The Bertz CT molecular complexity index is 1080. The highest BCUT2D eigenvalue weighted by molar-refractivity contribution is 7.17. The highest BCUT2D eigenvalue weighted by Gasteiger charge is 2.12. The molecule has 0 aliphatic rings. The van der Waals surface area contributed by atoms with Gasteiger partial charge in [-0.3, -0.25) is 4.79 Å². The molecule has 0 radical (unpaired) electrons. The van der Waals surface area contributed by atoms with Crippen LogP contribution in [0.25, 0.3) is 32.4 Å². The number of fused-ring (bicyclic) bond motifs is 2. The number of pyridine rings is 2. The molecule has 0 fully saturated rings. The lowest BCUT2D eigenvalue weighted by Gasteiger charge is -2.03. The topological polar surface area (TPSA) is 71.8 Å². The van der Waals surface area contributed by atoms with Gasteiger partial charge in [0.1, 0.15) is 11.3 Å². The molecule has 4 rings (SSSR count). The maximum atomic E-state index is 13.8. The number of halogens is 1. The van der Waals surface area contributed by atoms with Crippen molar-refractivity contribution >= 4 is 38.1 Å². The summed E-state index contributed by atoms with van der Waals surface area (Å²) in [7, 11) is 0. The first kappa shape index (κ1) is 13.0. The number of H-pyrrole nitrogens is 1. The third-order valence-electron chi connectivity index (χ3n) is 3.58. The number of rotatable bonds is 1. The van der Waals surface area contributed by atoms with E-state index in [0.717, 1.165) is 10.9 Å². The molecule has 1 aromatic carbocycles. The summed E-state index contributed by atoms with van der Waals surface area (Å²) in [5.74, 6) is -0.253. The summed E-state index contributed by atoms with van der Waals surface area (Å²) in [5.41, 5.74) is 7.79. The van der Waals surface area contributed by atoms with Crippen LogP contribution in [0.4, 0.5) is 10.1 Å². The van der Waals surface area contributed by atoms with Crippen LogP contribution in [0, 0.1) is 5.82 Å². The second-order valence-corrected chi connectivity index (χ2v) is 5.81. The highest BCUT2D eigenvalue weighted by Crippen LogP contribution is 2.34. The number of anilines is 1. The quantitative estimate of drug-likeness (QED) is 0.565. The van der Waals surface area contributed by atoms with Gasteiger partial charge in [0.2, 0.25) is 5.43 Å². The van der Waals surface area contributed by atoms with E-state index in [1.807, 2.05) is 11.4 Å². The van der Waals surface area contributed by atoms with E-state index in [9.17, 15) is 9.18 Å². The van der Waals surface area contributed by atoms with Crippen LogP contribution in [0.15, 0.2) is 46.7 Å². The van der Waals surface area contributed by atoms with Crippen LogP contribution in [0.1, 0.15) is 0 Å². The normalized spacial score (nSPS) is 11.3. The zero-order chi connectivity index (χ0) is 15.3. The molecule has 0 bridgehead atoms. The molecular formula is C16H10FN3OS. The standard InChI is InChI=1S/C16H10FN3OS/c17-10-3-1-2-8-9(7-22-16(8)10)12-4-5-13-14(20-12)15(21)11(18)6-19-13/h1-7H,18H2,(H,19,21). The third kappa shape index (κ3) is 1.81. The summed E-state index contributed by atoms with van der Waals surface area (Å²) < 4.78 is 14.4. The zero-order valence-corrected chi connectivity index (χ0v) is 12.1. The number of nitrogens with two attached hydrogens (primary N) is 1. The van der Waals surface area contributed by atoms with Crippen molar-refractivity contribution in [3.05, 3.63) is 57.9 Å². The van der Waals surface area contributed by atoms with Gasteiger partial charge in [-0.15, -0.1) is 11.3 Å². The van der Waals surface area contributed by atoms with Crippen LogP contribution in [0.5, 0.6) is 0 Å². The van der Waals surface area contributed by atoms with Gasteiger partial charge in [-0.2, -0.15) is 0 Å². The zero-order valence-electron chi connectivity index (χ0n) is 11.3. The van der Waals surface area contributed by atoms with Gasteiger partial charge in [-0.05, 0) is 18.2 Å². The summed E-state index contributed by atoms with van der Waals surface area (Å²) in [4.78, 5) is 19.5. The molecule has 0 aliphatic heterocycles. The molecular weight excluding hydrogens is 301 g/mol. The Hall–Kier alpha value is -2.73. The van der Waals surface area contributed by atoms with Crippen molar-refractivity contribution in [3.63, 3.8) is 0 Å². The second-order valence-electron chi connectivity index (χ2n) is 4.93. The fraction of sp³-hybridized carbons (Fsp3) is 0. The van der Waals surface area contributed by atoms with E-state index in [2.05, 4.69) is 9.97 Å². The van der Waals surface area contributed by atoms with Crippen LogP contribution >= 0.6 is 11.3 Å². The van der Waals surface area contributed by atoms with Crippen LogP contribution in [0.3, 0.4) is 0 Å². The van der Waals surface area contributed by atoms with E-state index >= 15 is 0 Å². The summed E-state index contributed by atoms with van der Waals surface area (Å²) >= 11 is 1.32. The molecule has 0 saturated carbocycles. The number of aromatic nitrogens is 2. The predicted molar refractivity (Wildman–Crippen MR) is 87.6 cm³/mol. The Balaban J connectivity index is 2.03. The lowest BCUT2D eigenvalue weighted by atomic mass is 10.1. The van der Waals surface area contributed by atoms with E-state index in [-0.39, 0.29) is 22.5 Å². The third-order valence-corrected chi connectivity index (χ3v) is 4.59. The first-order valence-electron chi connectivity index (χ1n) is 6.59. The van der Waals surface area contributed by atoms with Gasteiger partial charge in [0.15, 0.2) is 0 Å². The molecule has 108 valence electrons. The maximum Gasteiger partial charge on any atom is 0.230 e. The average molecular weight is 311 g/mol. The molecule has 4 nitrogen and oxygen atoms in total. The van der Waals surface area contributed by atoms with Gasteiger partial charge in [-0.1, -0.05) is 12.1 Å². The minimum atomic E-state index is -0.304.